The SMILES string of the molecule is Cc1nn(C)c(C)c1NC(=O)CN1CCCC(C)(O)CC1. The fourth-order valence-electron chi connectivity index (χ4n) is 2.81. The maximum atomic E-state index is 12.2. The minimum atomic E-state index is -0.595. The first kappa shape index (κ1) is 16.0. The molecule has 1 aliphatic rings. The van der Waals surface area contributed by atoms with Crippen molar-refractivity contribution in [3.05, 3.63) is 11.4 Å². The molecule has 1 saturated heterocycles. The van der Waals surface area contributed by atoms with Crippen LogP contribution in [0.4, 0.5) is 5.69 Å². The lowest BCUT2D eigenvalue weighted by molar-refractivity contribution is -0.117. The van der Waals surface area contributed by atoms with E-state index in [1.54, 1.807) is 4.68 Å². The molecule has 2 N–H and O–H groups in total. The van der Waals surface area contributed by atoms with Gasteiger partial charge < -0.3 is 10.4 Å². The zero-order valence-electron chi connectivity index (χ0n) is 13.4. The highest BCUT2D eigenvalue weighted by Gasteiger charge is 2.26. The zero-order valence-corrected chi connectivity index (χ0v) is 13.4. The van der Waals surface area contributed by atoms with Gasteiger partial charge in [0.15, 0.2) is 0 Å². The Kier molecular flexibility index (Phi) is 4.68. The van der Waals surface area contributed by atoms with Crippen LogP contribution in [0.5, 0.6) is 0 Å². The van der Waals surface area contributed by atoms with E-state index in [4.69, 9.17) is 0 Å². The Hall–Kier alpha value is -1.40. The number of carbonyl (C=O) groups is 1. The molecule has 0 aliphatic carbocycles. The molecular weight excluding hydrogens is 268 g/mol. The molecule has 0 saturated carbocycles. The van der Waals surface area contributed by atoms with Gasteiger partial charge in [0, 0.05) is 13.6 Å². The van der Waals surface area contributed by atoms with E-state index >= 15 is 0 Å². The second kappa shape index (κ2) is 6.15. The summed E-state index contributed by atoms with van der Waals surface area (Å²) in [5.41, 5.74) is 2.01. The van der Waals surface area contributed by atoms with Crippen LogP contribution in [0.1, 0.15) is 37.6 Å². The van der Waals surface area contributed by atoms with Crippen LogP contribution in [-0.4, -0.2) is 50.9 Å². The van der Waals surface area contributed by atoms with Crippen LogP contribution in [0.25, 0.3) is 0 Å². The van der Waals surface area contributed by atoms with Gasteiger partial charge in [0.05, 0.1) is 29.2 Å². The van der Waals surface area contributed by atoms with E-state index in [9.17, 15) is 9.90 Å². The summed E-state index contributed by atoms with van der Waals surface area (Å²) < 4.78 is 1.77. The standard InChI is InChI=1S/C15H26N4O2/c1-11-14(12(2)18(4)17-11)16-13(20)10-19-8-5-6-15(3,21)7-9-19/h21H,5-10H2,1-4H3,(H,16,20). The highest BCUT2D eigenvalue weighted by Crippen LogP contribution is 2.22. The summed E-state index contributed by atoms with van der Waals surface area (Å²) in [5.74, 6) is -0.0178. The van der Waals surface area contributed by atoms with Gasteiger partial charge in [-0.3, -0.25) is 14.4 Å². The molecule has 21 heavy (non-hydrogen) atoms. The van der Waals surface area contributed by atoms with Crippen molar-refractivity contribution < 1.29 is 9.90 Å². The fraction of sp³-hybridized carbons (Fsp3) is 0.733. The third kappa shape index (κ3) is 4.04. The second-order valence-electron chi connectivity index (χ2n) is 6.34. The van der Waals surface area contributed by atoms with Crippen molar-refractivity contribution in [1.29, 1.82) is 0 Å². The van der Waals surface area contributed by atoms with Crippen LogP contribution in [0.15, 0.2) is 0 Å². The zero-order chi connectivity index (χ0) is 15.6. The largest absolute Gasteiger partial charge is 0.390 e. The summed E-state index contributed by atoms with van der Waals surface area (Å²) in [7, 11) is 1.87. The number of likely N-dealkylation sites (tertiary alicyclic amines) is 1. The van der Waals surface area contributed by atoms with Gasteiger partial charge in [0.25, 0.3) is 0 Å². The summed E-state index contributed by atoms with van der Waals surface area (Å²) in [5, 5.41) is 17.3. The number of anilines is 1. The molecule has 1 fully saturated rings. The maximum Gasteiger partial charge on any atom is 0.238 e. The van der Waals surface area contributed by atoms with Gasteiger partial charge in [-0.1, -0.05) is 0 Å². The lowest BCUT2D eigenvalue weighted by Crippen LogP contribution is -2.35. The van der Waals surface area contributed by atoms with Crippen molar-refractivity contribution in [3.8, 4) is 0 Å². The maximum absolute atomic E-state index is 12.2. The van der Waals surface area contributed by atoms with Gasteiger partial charge >= 0.3 is 0 Å². The van der Waals surface area contributed by atoms with Crippen LogP contribution < -0.4 is 5.32 Å². The summed E-state index contributed by atoms with van der Waals surface area (Å²) >= 11 is 0. The highest BCUT2D eigenvalue weighted by molar-refractivity contribution is 5.93. The number of hydrogen-bond acceptors (Lipinski definition) is 4. The van der Waals surface area contributed by atoms with Crippen molar-refractivity contribution in [3.63, 3.8) is 0 Å². The first-order chi connectivity index (χ1) is 9.78. The number of nitrogens with one attached hydrogen (secondary N) is 1. The van der Waals surface area contributed by atoms with E-state index in [0.29, 0.717) is 13.0 Å². The number of aromatic nitrogens is 2. The van der Waals surface area contributed by atoms with Crippen molar-refractivity contribution in [2.45, 2.75) is 45.6 Å². The Morgan fingerprint density at radius 1 is 1.38 bits per heavy atom. The van der Waals surface area contributed by atoms with Gasteiger partial charge in [-0.25, -0.2) is 0 Å². The normalized spacial score (nSPS) is 23.9. The molecule has 0 bridgehead atoms. The highest BCUT2D eigenvalue weighted by atomic mass is 16.3. The van der Waals surface area contributed by atoms with Gasteiger partial charge in [0.1, 0.15) is 0 Å². The number of hydrogen-bond donors (Lipinski definition) is 2. The van der Waals surface area contributed by atoms with Crippen molar-refractivity contribution in [2.24, 2.45) is 7.05 Å². The molecule has 1 amide bonds. The van der Waals surface area contributed by atoms with E-state index in [1.807, 2.05) is 27.8 Å². The van der Waals surface area contributed by atoms with Gasteiger partial charge in [-0.05, 0) is 46.6 Å². The van der Waals surface area contributed by atoms with Crippen molar-refractivity contribution >= 4 is 11.6 Å². The Morgan fingerprint density at radius 2 is 2.10 bits per heavy atom. The lowest BCUT2D eigenvalue weighted by atomic mass is 9.98. The van der Waals surface area contributed by atoms with Crippen LogP contribution in [0.2, 0.25) is 0 Å². The Labute approximate surface area is 126 Å². The molecule has 6 nitrogen and oxygen atoms in total. The molecule has 1 unspecified atom stereocenters. The summed E-state index contributed by atoms with van der Waals surface area (Å²) in [6.45, 7) is 7.69. The van der Waals surface area contributed by atoms with Crippen LogP contribution in [0.3, 0.4) is 0 Å². The van der Waals surface area contributed by atoms with Crippen LogP contribution in [-0.2, 0) is 11.8 Å². The van der Waals surface area contributed by atoms with Gasteiger partial charge in [-0.15, -0.1) is 0 Å². The van der Waals surface area contributed by atoms with Crippen molar-refractivity contribution in [1.82, 2.24) is 14.7 Å². The Bertz CT molecular complexity index is 522. The molecule has 1 atom stereocenters. The number of carbonyl (C=O) groups excluding carboxylic acids is 1. The van der Waals surface area contributed by atoms with E-state index in [1.165, 1.54) is 0 Å². The predicted molar refractivity (Wildman–Crippen MR) is 82.2 cm³/mol. The quantitative estimate of drug-likeness (QED) is 0.879. The first-order valence-corrected chi connectivity index (χ1v) is 7.53. The van der Waals surface area contributed by atoms with Crippen LogP contribution in [0, 0.1) is 13.8 Å². The van der Waals surface area contributed by atoms with Gasteiger partial charge in [-0.2, -0.15) is 5.10 Å². The third-order valence-electron chi connectivity index (χ3n) is 4.30. The molecular formula is C15H26N4O2. The second-order valence-corrected chi connectivity index (χ2v) is 6.34. The molecule has 118 valence electrons. The van der Waals surface area contributed by atoms with E-state index in [0.717, 1.165) is 43.0 Å². The molecule has 0 spiro atoms. The molecule has 0 radical (unpaired) electrons. The summed E-state index contributed by atoms with van der Waals surface area (Å²) in [6, 6.07) is 0. The summed E-state index contributed by atoms with van der Waals surface area (Å²) in [6.07, 6.45) is 2.43. The number of aryl methyl sites for hydroxylation is 2. The van der Waals surface area contributed by atoms with E-state index in [2.05, 4.69) is 15.3 Å². The molecule has 2 rings (SSSR count). The van der Waals surface area contributed by atoms with E-state index < -0.39 is 5.60 Å². The minimum Gasteiger partial charge on any atom is -0.390 e. The monoisotopic (exact) mass is 294 g/mol. The average molecular weight is 294 g/mol. The molecule has 2 heterocycles. The number of rotatable bonds is 3. The smallest absolute Gasteiger partial charge is 0.238 e. The van der Waals surface area contributed by atoms with Gasteiger partial charge in [0.2, 0.25) is 5.91 Å². The predicted octanol–water partition coefficient (Wildman–Crippen LogP) is 1.21. The average Bonchev–Trinajstić information content (AvgIpc) is 2.54. The third-order valence-corrected chi connectivity index (χ3v) is 4.30. The molecule has 1 aliphatic heterocycles. The topological polar surface area (TPSA) is 70.4 Å². The molecule has 1 aromatic heterocycles. The van der Waals surface area contributed by atoms with Crippen molar-refractivity contribution in [2.75, 3.05) is 25.0 Å². The van der Waals surface area contributed by atoms with E-state index in [-0.39, 0.29) is 5.91 Å². The number of nitrogens with zero attached hydrogens (tertiary/aromatic N) is 3. The minimum absolute atomic E-state index is 0.0178. The molecule has 1 aromatic rings. The summed E-state index contributed by atoms with van der Waals surface area (Å²) in [4.78, 5) is 14.3. The number of aliphatic hydroxyl groups is 1. The van der Waals surface area contributed by atoms with Crippen LogP contribution >= 0.6 is 0 Å². The fourth-order valence-corrected chi connectivity index (χ4v) is 2.81. The lowest BCUT2D eigenvalue weighted by Gasteiger charge is -2.22. The Morgan fingerprint density at radius 3 is 2.71 bits per heavy atom. The Balaban J connectivity index is 1.93. The molecule has 0 aromatic carbocycles. The number of amides is 1. The first-order valence-electron chi connectivity index (χ1n) is 7.53. The molecule has 6 heteroatoms.